The first-order chi connectivity index (χ1) is 9.66. The summed E-state index contributed by atoms with van der Waals surface area (Å²) in [4.78, 5) is 10.9. The lowest BCUT2D eigenvalue weighted by Gasteiger charge is -2.07. The van der Waals surface area contributed by atoms with Gasteiger partial charge >= 0.3 is 0 Å². The average molecular weight is 267 g/mol. The molecule has 0 bridgehead atoms. The van der Waals surface area contributed by atoms with Gasteiger partial charge < -0.3 is 0 Å². The Bertz CT molecular complexity index is 591. The molecule has 0 spiro atoms. The second-order valence-corrected chi connectivity index (χ2v) is 4.78. The van der Waals surface area contributed by atoms with E-state index in [0.717, 1.165) is 11.1 Å². The van der Waals surface area contributed by atoms with Crippen molar-refractivity contribution in [1.29, 1.82) is 0 Å². The minimum absolute atomic E-state index is 0.0281. The highest BCUT2D eigenvalue weighted by Gasteiger charge is 2.14. The molecule has 0 N–H and O–H groups in total. The third kappa shape index (κ3) is 3.79. The standard InChI is InChI=1S/C17H17NO2/c1-14(16-10-6-3-7-11-16)12-17(18(19)20)13-15-8-4-2-5-9-15/h2-12,14H,13H2,1H3/b17-12-. The van der Waals surface area contributed by atoms with E-state index >= 15 is 0 Å². The van der Waals surface area contributed by atoms with Crippen LogP contribution in [0.3, 0.4) is 0 Å². The van der Waals surface area contributed by atoms with Crippen LogP contribution in [-0.4, -0.2) is 4.92 Å². The Labute approximate surface area is 118 Å². The molecule has 0 saturated heterocycles. The van der Waals surface area contributed by atoms with Crippen LogP contribution >= 0.6 is 0 Å². The van der Waals surface area contributed by atoms with Gasteiger partial charge in [0.1, 0.15) is 0 Å². The lowest BCUT2D eigenvalue weighted by molar-refractivity contribution is -0.427. The van der Waals surface area contributed by atoms with Gasteiger partial charge in [-0.3, -0.25) is 10.1 Å². The molecule has 1 unspecified atom stereocenters. The minimum Gasteiger partial charge on any atom is -0.259 e. The molecule has 0 radical (unpaired) electrons. The van der Waals surface area contributed by atoms with Gasteiger partial charge in [-0.05, 0) is 17.2 Å². The van der Waals surface area contributed by atoms with Gasteiger partial charge in [-0.25, -0.2) is 0 Å². The summed E-state index contributed by atoms with van der Waals surface area (Å²) in [6, 6.07) is 19.3. The van der Waals surface area contributed by atoms with Crippen LogP contribution in [0.15, 0.2) is 72.4 Å². The molecular weight excluding hydrogens is 250 g/mol. The van der Waals surface area contributed by atoms with E-state index in [4.69, 9.17) is 0 Å². The van der Waals surface area contributed by atoms with Crippen LogP contribution in [0.1, 0.15) is 24.0 Å². The largest absolute Gasteiger partial charge is 0.259 e. The molecule has 2 aromatic rings. The highest BCUT2D eigenvalue weighted by molar-refractivity contribution is 5.25. The topological polar surface area (TPSA) is 43.1 Å². The highest BCUT2D eigenvalue weighted by atomic mass is 16.6. The lowest BCUT2D eigenvalue weighted by atomic mass is 9.98. The van der Waals surface area contributed by atoms with E-state index in [1.54, 1.807) is 6.08 Å². The first kappa shape index (κ1) is 14.0. The number of hydrogen-bond donors (Lipinski definition) is 0. The summed E-state index contributed by atoms with van der Waals surface area (Å²) in [5.74, 6) is 0.0281. The second-order valence-electron chi connectivity index (χ2n) is 4.78. The van der Waals surface area contributed by atoms with Gasteiger partial charge in [0.15, 0.2) is 0 Å². The van der Waals surface area contributed by atoms with E-state index in [2.05, 4.69) is 0 Å². The normalized spacial score (nSPS) is 12.9. The predicted octanol–water partition coefficient (Wildman–Crippen LogP) is 4.19. The molecule has 0 saturated carbocycles. The summed E-state index contributed by atoms with van der Waals surface area (Å²) in [6.45, 7) is 1.98. The summed E-state index contributed by atoms with van der Waals surface area (Å²) >= 11 is 0. The quantitative estimate of drug-likeness (QED) is 0.602. The number of allylic oxidation sites excluding steroid dienone is 2. The molecular formula is C17H17NO2. The molecule has 2 rings (SSSR count). The molecule has 0 aliphatic rings. The Kier molecular flexibility index (Phi) is 4.66. The average Bonchev–Trinajstić information content (AvgIpc) is 2.48. The monoisotopic (exact) mass is 267 g/mol. The lowest BCUT2D eigenvalue weighted by Crippen LogP contribution is -2.04. The van der Waals surface area contributed by atoms with E-state index in [1.165, 1.54) is 0 Å². The summed E-state index contributed by atoms with van der Waals surface area (Å²) in [5, 5.41) is 11.2. The van der Waals surface area contributed by atoms with Crippen LogP contribution in [0.4, 0.5) is 0 Å². The van der Waals surface area contributed by atoms with Crippen molar-refractivity contribution in [3.05, 3.63) is 93.7 Å². The summed E-state index contributed by atoms with van der Waals surface area (Å²) in [7, 11) is 0. The highest BCUT2D eigenvalue weighted by Crippen LogP contribution is 2.20. The van der Waals surface area contributed by atoms with Gasteiger partial charge in [0.2, 0.25) is 5.70 Å². The summed E-state index contributed by atoms with van der Waals surface area (Å²) in [6.07, 6.45) is 2.09. The first-order valence-electron chi connectivity index (χ1n) is 6.61. The SMILES string of the molecule is CC(/C=C(/Cc1ccccc1)[N+](=O)[O-])c1ccccc1. The van der Waals surface area contributed by atoms with Crippen molar-refractivity contribution in [3.8, 4) is 0 Å². The Morgan fingerprint density at radius 3 is 2.20 bits per heavy atom. The van der Waals surface area contributed by atoms with Gasteiger partial charge in [-0.2, -0.15) is 0 Å². The van der Waals surface area contributed by atoms with E-state index in [-0.39, 0.29) is 16.5 Å². The van der Waals surface area contributed by atoms with Crippen LogP contribution in [0.2, 0.25) is 0 Å². The van der Waals surface area contributed by atoms with Crippen LogP contribution in [0.5, 0.6) is 0 Å². The molecule has 0 aliphatic heterocycles. The fraction of sp³-hybridized carbons (Fsp3) is 0.176. The van der Waals surface area contributed by atoms with Crippen molar-refractivity contribution in [1.82, 2.24) is 0 Å². The third-order valence-corrected chi connectivity index (χ3v) is 3.23. The van der Waals surface area contributed by atoms with E-state index < -0.39 is 0 Å². The maximum absolute atomic E-state index is 11.2. The van der Waals surface area contributed by atoms with Crippen molar-refractivity contribution in [3.63, 3.8) is 0 Å². The molecule has 0 aliphatic carbocycles. The Hall–Kier alpha value is -2.42. The number of hydrogen-bond acceptors (Lipinski definition) is 2. The fourth-order valence-electron chi connectivity index (χ4n) is 2.13. The Morgan fingerprint density at radius 2 is 1.65 bits per heavy atom. The zero-order chi connectivity index (χ0) is 14.4. The van der Waals surface area contributed by atoms with Gasteiger partial charge in [-0.15, -0.1) is 0 Å². The number of rotatable bonds is 5. The number of nitro groups is 1. The van der Waals surface area contributed by atoms with E-state index in [0.29, 0.717) is 6.42 Å². The zero-order valence-corrected chi connectivity index (χ0v) is 11.4. The molecule has 20 heavy (non-hydrogen) atoms. The number of benzene rings is 2. The van der Waals surface area contributed by atoms with Crippen molar-refractivity contribution < 1.29 is 4.92 Å². The van der Waals surface area contributed by atoms with Crippen LogP contribution in [0, 0.1) is 10.1 Å². The molecule has 0 fully saturated rings. The van der Waals surface area contributed by atoms with Crippen LogP contribution in [-0.2, 0) is 6.42 Å². The smallest absolute Gasteiger partial charge is 0.247 e. The van der Waals surface area contributed by atoms with Gasteiger partial charge in [0.05, 0.1) is 11.3 Å². The fourth-order valence-corrected chi connectivity index (χ4v) is 2.13. The summed E-state index contributed by atoms with van der Waals surface area (Å²) < 4.78 is 0. The van der Waals surface area contributed by atoms with E-state index in [1.807, 2.05) is 67.6 Å². The maximum Gasteiger partial charge on any atom is 0.247 e. The van der Waals surface area contributed by atoms with Crippen molar-refractivity contribution in [2.75, 3.05) is 0 Å². The number of nitrogens with zero attached hydrogens (tertiary/aromatic N) is 1. The van der Waals surface area contributed by atoms with Crippen molar-refractivity contribution >= 4 is 0 Å². The molecule has 3 nitrogen and oxygen atoms in total. The van der Waals surface area contributed by atoms with E-state index in [9.17, 15) is 10.1 Å². The minimum atomic E-state index is -0.285. The Morgan fingerprint density at radius 1 is 1.10 bits per heavy atom. The third-order valence-electron chi connectivity index (χ3n) is 3.23. The molecule has 1 atom stereocenters. The molecule has 2 aromatic carbocycles. The van der Waals surface area contributed by atoms with Crippen LogP contribution < -0.4 is 0 Å². The summed E-state index contributed by atoms with van der Waals surface area (Å²) in [5.41, 5.74) is 2.28. The molecule has 0 heterocycles. The zero-order valence-electron chi connectivity index (χ0n) is 11.4. The molecule has 102 valence electrons. The molecule has 0 amide bonds. The van der Waals surface area contributed by atoms with Crippen molar-refractivity contribution in [2.24, 2.45) is 0 Å². The first-order valence-corrected chi connectivity index (χ1v) is 6.61. The van der Waals surface area contributed by atoms with Crippen molar-refractivity contribution in [2.45, 2.75) is 19.3 Å². The van der Waals surface area contributed by atoms with Gasteiger partial charge in [0, 0.05) is 5.92 Å². The second kappa shape index (κ2) is 6.66. The predicted molar refractivity (Wildman–Crippen MR) is 80.1 cm³/mol. The molecule has 3 heteroatoms. The van der Waals surface area contributed by atoms with Crippen LogP contribution in [0.25, 0.3) is 0 Å². The maximum atomic E-state index is 11.2. The van der Waals surface area contributed by atoms with Gasteiger partial charge in [-0.1, -0.05) is 67.6 Å². The Balaban J connectivity index is 2.20. The van der Waals surface area contributed by atoms with Gasteiger partial charge in [0.25, 0.3) is 0 Å². The molecule has 0 aromatic heterocycles.